The van der Waals surface area contributed by atoms with Crippen LogP contribution in [-0.2, 0) is 18.6 Å². The lowest BCUT2D eigenvalue weighted by Gasteiger charge is -2.03. The molecule has 1 aromatic heterocycles. The van der Waals surface area contributed by atoms with Crippen LogP contribution in [0.15, 0.2) is 41.7 Å². The summed E-state index contributed by atoms with van der Waals surface area (Å²) in [4.78, 5) is 9.04. The molecular formula is C14H14N2S. The van der Waals surface area contributed by atoms with Gasteiger partial charge in [0.05, 0.1) is 0 Å². The van der Waals surface area contributed by atoms with Gasteiger partial charge in [0, 0.05) is 17.6 Å². The minimum absolute atomic E-state index is 0.912. The lowest BCUT2D eigenvalue weighted by molar-refractivity contribution is 0.877. The fraction of sp³-hybridized carbons (Fsp3) is 0.286. The van der Waals surface area contributed by atoms with Crippen molar-refractivity contribution in [1.29, 1.82) is 0 Å². The smallest absolute Gasteiger partial charge is 0.188 e. The molecule has 3 heteroatoms. The molecule has 0 unspecified atom stereocenters. The normalized spacial score (nSPS) is 13.6. The van der Waals surface area contributed by atoms with E-state index in [-0.39, 0.29) is 0 Å². The van der Waals surface area contributed by atoms with Crippen LogP contribution in [0.2, 0.25) is 0 Å². The summed E-state index contributed by atoms with van der Waals surface area (Å²) < 4.78 is 0. The molecule has 0 aliphatic heterocycles. The van der Waals surface area contributed by atoms with Gasteiger partial charge in [0.2, 0.25) is 0 Å². The zero-order valence-electron chi connectivity index (χ0n) is 9.60. The zero-order chi connectivity index (χ0) is 11.5. The second kappa shape index (κ2) is 4.88. The first-order valence-electron chi connectivity index (χ1n) is 5.93. The monoisotopic (exact) mass is 242 g/mol. The summed E-state index contributed by atoms with van der Waals surface area (Å²) >= 11 is 1.72. The van der Waals surface area contributed by atoms with Crippen molar-refractivity contribution in [3.63, 3.8) is 0 Å². The Morgan fingerprint density at radius 3 is 2.88 bits per heavy atom. The Kier molecular flexibility index (Phi) is 3.10. The van der Waals surface area contributed by atoms with Crippen LogP contribution in [0.4, 0.5) is 0 Å². The van der Waals surface area contributed by atoms with Gasteiger partial charge < -0.3 is 0 Å². The van der Waals surface area contributed by atoms with E-state index >= 15 is 0 Å². The Balaban J connectivity index is 1.70. The second-order valence-corrected chi connectivity index (χ2v) is 5.19. The van der Waals surface area contributed by atoms with Crippen LogP contribution in [0.25, 0.3) is 0 Å². The van der Waals surface area contributed by atoms with Gasteiger partial charge in [0.1, 0.15) is 0 Å². The Labute approximate surface area is 106 Å². The highest BCUT2D eigenvalue weighted by atomic mass is 32.2. The SMILES string of the molecule is c1ccc(CSc2ncc3c(n2)CCC3)cc1. The van der Waals surface area contributed by atoms with Crippen LogP contribution in [-0.4, -0.2) is 9.97 Å². The molecule has 2 aromatic rings. The van der Waals surface area contributed by atoms with Gasteiger partial charge >= 0.3 is 0 Å². The van der Waals surface area contributed by atoms with Crippen LogP contribution in [0.1, 0.15) is 23.2 Å². The topological polar surface area (TPSA) is 25.8 Å². The molecular weight excluding hydrogens is 228 g/mol. The summed E-state index contributed by atoms with van der Waals surface area (Å²) in [5, 5.41) is 0.912. The molecule has 0 spiro atoms. The van der Waals surface area contributed by atoms with E-state index in [4.69, 9.17) is 0 Å². The van der Waals surface area contributed by atoms with E-state index in [1.807, 2.05) is 12.3 Å². The van der Waals surface area contributed by atoms with Gasteiger partial charge in [0.15, 0.2) is 5.16 Å². The molecule has 1 aliphatic rings. The highest BCUT2D eigenvalue weighted by molar-refractivity contribution is 7.98. The second-order valence-electron chi connectivity index (χ2n) is 4.25. The lowest BCUT2D eigenvalue weighted by atomic mass is 10.2. The maximum atomic E-state index is 4.62. The molecule has 0 saturated carbocycles. The predicted octanol–water partition coefficient (Wildman–Crippen LogP) is 3.26. The third-order valence-corrected chi connectivity index (χ3v) is 3.94. The van der Waals surface area contributed by atoms with Gasteiger partial charge in [0.25, 0.3) is 0 Å². The highest BCUT2D eigenvalue weighted by Gasteiger charge is 2.13. The number of aromatic nitrogens is 2. The Morgan fingerprint density at radius 2 is 2.00 bits per heavy atom. The van der Waals surface area contributed by atoms with Gasteiger partial charge in [-0.3, -0.25) is 0 Å². The molecule has 0 N–H and O–H groups in total. The van der Waals surface area contributed by atoms with Gasteiger partial charge in [-0.2, -0.15) is 0 Å². The number of benzene rings is 1. The number of aryl methyl sites for hydroxylation is 2. The molecule has 0 fully saturated rings. The van der Waals surface area contributed by atoms with Crippen LogP contribution in [0.5, 0.6) is 0 Å². The molecule has 0 amide bonds. The summed E-state index contributed by atoms with van der Waals surface area (Å²) in [6, 6.07) is 10.5. The molecule has 2 nitrogen and oxygen atoms in total. The van der Waals surface area contributed by atoms with E-state index in [0.717, 1.165) is 23.8 Å². The quantitative estimate of drug-likeness (QED) is 0.610. The van der Waals surface area contributed by atoms with Crippen molar-refractivity contribution in [2.24, 2.45) is 0 Å². The van der Waals surface area contributed by atoms with E-state index in [9.17, 15) is 0 Å². The number of nitrogens with zero attached hydrogens (tertiary/aromatic N) is 2. The Hall–Kier alpha value is -1.35. The molecule has 3 rings (SSSR count). The molecule has 0 bridgehead atoms. The van der Waals surface area contributed by atoms with E-state index in [1.165, 1.54) is 23.2 Å². The fourth-order valence-electron chi connectivity index (χ4n) is 2.09. The van der Waals surface area contributed by atoms with E-state index in [2.05, 4.69) is 34.2 Å². The maximum absolute atomic E-state index is 4.62. The lowest BCUT2D eigenvalue weighted by Crippen LogP contribution is -1.94. The van der Waals surface area contributed by atoms with Gasteiger partial charge in [-0.15, -0.1) is 0 Å². The first kappa shape index (κ1) is 10.8. The van der Waals surface area contributed by atoms with Crippen LogP contribution >= 0.6 is 11.8 Å². The molecule has 1 heterocycles. The van der Waals surface area contributed by atoms with Crippen LogP contribution in [0.3, 0.4) is 0 Å². The summed E-state index contributed by atoms with van der Waals surface area (Å²) in [6.07, 6.45) is 5.51. The summed E-state index contributed by atoms with van der Waals surface area (Å²) in [6.45, 7) is 0. The average molecular weight is 242 g/mol. The van der Waals surface area contributed by atoms with Gasteiger partial charge in [-0.25, -0.2) is 9.97 Å². The predicted molar refractivity (Wildman–Crippen MR) is 70.1 cm³/mol. The van der Waals surface area contributed by atoms with Crippen molar-refractivity contribution in [2.45, 2.75) is 30.2 Å². The van der Waals surface area contributed by atoms with Crippen molar-refractivity contribution in [3.05, 3.63) is 53.3 Å². The van der Waals surface area contributed by atoms with Crippen molar-refractivity contribution in [3.8, 4) is 0 Å². The van der Waals surface area contributed by atoms with E-state index in [1.54, 1.807) is 11.8 Å². The highest BCUT2D eigenvalue weighted by Crippen LogP contribution is 2.24. The molecule has 0 atom stereocenters. The fourth-order valence-corrected chi connectivity index (χ4v) is 2.88. The summed E-state index contributed by atoms with van der Waals surface area (Å²) in [7, 11) is 0. The minimum Gasteiger partial charge on any atom is -0.231 e. The van der Waals surface area contributed by atoms with Crippen molar-refractivity contribution < 1.29 is 0 Å². The molecule has 0 radical (unpaired) electrons. The summed E-state index contributed by atoms with van der Waals surface area (Å²) in [5.41, 5.74) is 3.92. The Morgan fingerprint density at radius 1 is 1.12 bits per heavy atom. The number of rotatable bonds is 3. The average Bonchev–Trinajstić information content (AvgIpc) is 2.85. The number of thioether (sulfide) groups is 1. The number of hydrogen-bond acceptors (Lipinski definition) is 3. The first-order chi connectivity index (χ1) is 8.42. The number of fused-ring (bicyclic) bond motifs is 1. The Bertz CT molecular complexity index is 511. The molecule has 1 aliphatic carbocycles. The minimum atomic E-state index is 0.912. The molecule has 17 heavy (non-hydrogen) atoms. The van der Waals surface area contributed by atoms with Crippen LogP contribution in [0, 0.1) is 0 Å². The third-order valence-electron chi connectivity index (χ3n) is 3.00. The molecule has 86 valence electrons. The third kappa shape index (κ3) is 2.50. The molecule has 1 aromatic carbocycles. The summed E-state index contributed by atoms with van der Waals surface area (Å²) in [5.74, 6) is 0.944. The molecule has 0 saturated heterocycles. The van der Waals surface area contributed by atoms with E-state index < -0.39 is 0 Å². The van der Waals surface area contributed by atoms with Gasteiger partial charge in [-0.05, 0) is 30.4 Å². The maximum Gasteiger partial charge on any atom is 0.188 e. The first-order valence-corrected chi connectivity index (χ1v) is 6.92. The largest absolute Gasteiger partial charge is 0.231 e. The standard InChI is InChI=1S/C14H14N2S/c1-2-5-11(6-3-1)10-17-14-15-9-12-7-4-8-13(12)16-14/h1-3,5-6,9H,4,7-8,10H2. The zero-order valence-corrected chi connectivity index (χ0v) is 10.4. The van der Waals surface area contributed by atoms with Crippen molar-refractivity contribution >= 4 is 11.8 Å². The van der Waals surface area contributed by atoms with E-state index in [0.29, 0.717) is 0 Å². The van der Waals surface area contributed by atoms with Crippen molar-refractivity contribution in [1.82, 2.24) is 9.97 Å². The van der Waals surface area contributed by atoms with Crippen LogP contribution < -0.4 is 0 Å². The van der Waals surface area contributed by atoms with Crippen molar-refractivity contribution in [2.75, 3.05) is 0 Å². The van der Waals surface area contributed by atoms with Gasteiger partial charge in [-0.1, -0.05) is 42.1 Å². The number of hydrogen-bond donors (Lipinski definition) is 0.